The highest BCUT2D eigenvalue weighted by molar-refractivity contribution is 6.11. The van der Waals surface area contributed by atoms with Crippen LogP contribution in [0.4, 0.5) is 22.7 Å². The second kappa shape index (κ2) is 32.7. The molecule has 8 amide bonds. The summed E-state index contributed by atoms with van der Waals surface area (Å²) in [5.41, 5.74) is 28.6. The van der Waals surface area contributed by atoms with Crippen LogP contribution in [-0.2, 0) is 24.0 Å². The van der Waals surface area contributed by atoms with E-state index in [-0.39, 0.29) is 106 Å². The molecule has 0 saturated carbocycles. The molecule has 0 aliphatic carbocycles. The largest absolute Gasteiger partial charge is 0.496 e. The normalized spacial score (nSPS) is 12.1. The smallest absolute Gasteiger partial charge is 0.303 e. The molecular formula is C55H72N12O14. The Bertz CT molecular complexity index is 2930. The number of carboxylic acid groups (broad SMARTS) is 1. The predicted octanol–water partition coefficient (Wildman–Crippen LogP) is 2.67. The van der Waals surface area contributed by atoms with Crippen LogP contribution in [-0.4, -0.2) is 125 Å². The van der Waals surface area contributed by atoms with Gasteiger partial charge < -0.3 is 89.9 Å². The number of hydrogen-bond acceptors (Lipinski definition) is 17. The summed E-state index contributed by atoms with van der Waals surface area (Å²) in [6.45, 7) is 1.02. The summed E-state index contributed by atoms with van der Waals surface area (Å²) in [5.74, 6) is -7.00. The van der Waals surface area contributed by atoms with Crippen molar-refractivity contribution < 1.29 is 67.2 Å². The van der Waals surface area contributed by atoms with Crippen LogP contribution in [0.25, 0.3) is 0 Å². The Morgan fingerprint density at radius 3 is 1.33 bits per heavy atom. The van der Waals surface area contributed by atoms with Gasteiger partial charge in [-0.1, -0.05) is 12.5 Å². The number of amides is 8. The number of carbonyl (C=O) groups is 9. The highest BCUT2D eigenvalue weighted by atomic mass is 16.5. The summed E-state index contributed by atoms with van der Waals surface area (Å²) >= 11 is 0. The Balaban J connectivity index is 1.56. The van der Waals surface area contributed by atoms with Gasteiger partial charge in [-0.15, -0.1) is 0 Å². The first kappa shape index (κ1) is 64.4. The number of hydrogen-bond donors (Lipinski definition) is 13. The molecule has 0 aliphatic rings. The molecule has 4 aromatic carbocycles. The third kappa shape index (κ3) is 19.6. The van der Waals surface area contributed by atoms with Crippen molar-refractivity contribution in [2.24, 2.45) is 28.7 Å². The Morgan fingerprint density at radius 1 is 0.506 bits per heavy atom. The maximum atomic E-state index is 14.2. The Kier molecular flexibility index (Phi) is 26.0. The van der Waals surface area contributed by atoms with Gasteiger partial charge in [0.05, 0.1) is 56.7 Å². The topological polar surface area (TPSA) is 425 Å². The first-order valence-corrected chi connectivity index (χ1v) is 25.8. The van der Waals surface area contributed by atoms with Crippen molar-refractivity contribution in [1.29, 1.82) is 0 Å². The van der Waals surface area contributed by atoms with E-state index in [1.54, 1.807) is 0 Å². The number of allylic oxidation sites excluding steroid dienone is 1. The molecule has 0 aromatic heterocycles. The van der Waals surface area contributed by atoms with Crippen LogP contribution in [0.15, 0.2) is 84.6 Å². The molecule has 0 radical (unpaired) electrons. The highest BCUT2D eigenvalue weighted by Crippen LogP contribution is 2.28. The predicted molar refractivity (Wildman–Crippen MR) is 302 cm³/mol. The summed E-state index contributed by atoms with van der Waals surface area (Å²) in [4.78, 5) is 120. The van der Waals surface area contributed by atoms with Gasteiger partial charge in [-0.2, -0.15) is 0 Å². The van der Waals surface area contributed by atoms with E-state index in [1.807, 2.05) is 0 Å². The summed E-state index contributed by atoms with van der Waals surface area (Å²) in [6, 6.07) is 13.2. The molecule has 3 unspecified atom stereocenters. The van der Waals surface area contributed by atoms with Crippen molar-refractivity contribution >= 4 is 76.0 Å². The minimum absolute atomic E-state index is 0.0140. The molecule has 4 aromatic rings. The van der Waals surface area contributed by atoms with Crippen LogP contribution in [0.2, 0.25) is 0 Å². The Hall–Kier alpha value is -9.11. The molecule has 18 N–H and O–H groups in total. The van der Waals surface area contributed by atoms with E-state index in [0.29, 0.717) is 45.1 Å². The molecule has 0 bridgehead atoms. The summed E-state index contributed by atoms with van der Waals surface area (Å²) in [7, 11) is 5.27. The van der Waals surface area contributed by atoms with E-state index >= 15 is 0 Å². The van der Waals surface area contributed by atoms with Gasteiger partial charge in [-0.3, -0.25) is 43.2 Å². The average Bonchev–Trinajstić information content (AvgIpc) is 3.46. The third-order valence-electron chi connectivity index (χ3n) is 12.3. The lowest BCUT2D eigenvalue weighted by molar-refractivity contribution is -0.137. The molecule has 0 fully saturated rings. The fourth-order valence-electron chi connectivity index (χ4n) is 7.92. The molecule has 81 heavy (non-hydrogen) atoms. The minimum Gasteiger partial charge on any atom is -0.496 e. The van der Waals surface area contributed by atoms with Crippen LogP contribution in [0.3, 0.4) is 0 Å². The number of nitrogens with one attached hydrogen (secondary N) is 7. The van der Waals surface area contributed by atoms with Gasteiger partial charge in [0.25, 0.3) is 29.5 Å². The summed E-state index contributed by atoms with van der Waals surface area (Å²) < 4.78 is 21.5. The molecule has 436 valence electrons. The maximum absolute atomic E-state index is 14.2. The second-order valence-electron chi connectivity index (χ2n) is 18.1. The lowest BCUT2D eigenvalue weighted by Gasteiger charge is -2.21. The fraction of sp³-hybridized carbons (Fsp3) is 0.364. The van der Waals surface area contributed by atoms with Crippen molar-refractivity contribution in [3.05, 3.63) is 107 Å². The summed E-state index contributed by atoms with van der Waals surface area (Å²) in [6.07, 6.45) is 4.04. The number of benzene rings is 4. The number of methoxy groups -OCH3 is 4. The van der Waals surface area contributed by atoms with Crippen LogP contribution in [0.1, 0.15) is 106 Å². The molecule has 4 rings (SSSR count). The average molecular weight is 1130 g/mol. The van der Waals surface area contributed by atoms with Crippen molar-refractivity contribution in [3.63, 3.8) is 0 Å². The van der Waals surface area contributed by atoms with Gasteiger partial charge in [0.15, 0.2) is 0 Å². The van der Waals surface area contributed by atoms with E-state index in [1.165, 1.54) is 107 Å². The second-order valence-corrected chi connectivity index (χ2v) is 18.1. The van der Waals surface area contributed by atoms with E-state index in [9.17, 15) is 48.3 Å². The lowest BCUT2D eigenvalue weighted by atomic mass is 10.1. The van der Waals surface area contributed by atoms with E-state index < -0.39 is 77.8 Å². The van der Waals surface area contributed by atoms with Crippen LogP contribution in [0, 0.1) is 0 Å². The van der Waals surface area contributed by atoms with Gasteiger partial charge in [0.2, 0.25) is 17.7 Å². The third-order valence-corrected chi connectivity index (χ3v) is 12.3. The SMILES string of the molecule is COc1ccc(NC(=O)C(CCC(=O)O)NC(=O)c2cc(NC(=O)C(CCCCN)NC(=O)c3cc(NC(=O)C(=CCCCN)NC(=O)c4cc(NC(=O)C(N)CCCCN)ccc4OC)ccc3OC)ccc2OC)cc1C(N)=O. The number of carboxylic acids is 1. The van der Waals surface area contributed by atoms with Crippen molar-refractivity contribution in [2.75, 3.05) is 69.3 Å². The first-order chi connectivity index (χ1) is 38.8. The maximum Gasteiger partial charge on any atom is 0.303 e. The molecule has 0 aliphatic heterocycles. The Labute approximate surface area is 467 Å². The summed E-state index contributed by atoms with van der Waals surface area (Å²) in [5, 5.41) is 28.0. The number of aliphatic carboxylic acids is 1. The van der Waals surface area contributed by atoms with Gasteiger partial charge in [-0.05, 0) is 144 Å². The van der Waals surface area contributed by atoms with Crippen LogP contribution < -0.4 is 84.8 Å². The van der Waals surface area contributed by atoms with Gasteiger partial charge >= 0.3 is 5.97 Å². The van der Waals surface area contributed by atoms with Crippen LogP contribution in [0.5, 0.6) is 23.0 Å². The number of primary amides is 1. The number of rotatable bonds is 33. The van der Waals surface area contributed by atoms with Gasteiger partial charge in [-0.25, -0.2) is 0 Å². The molecule has 0 heterocycles. The lowest BCUT2D eigenvalue weighted by Crippen LogP contribution is -2.44. The number of carbonyl (C=O) groups excluding carboxylic acids is 8. The molecule has 0 spiro atoms. The zero-order valence-electron chi connectivity index (χ0n) is 45.6. The number of unbranched alkanes of at least 4 members (excludes halogenated alkanes) is 3. The standard InChI is InChI=1S/C55H72N12O14/c1-78-43-19-14-31(27-35(43)48(60)70)62-55(77)42(18-23-47(68)69)67-51(73)38-30-34(17-22-46(38)81-4)64-54(76)41(13-7-10-26-58)66-50(72)37-29-33(16-21-45(37)80-3)63-53(75)40(12-6-9-25-57)65-49(71)36-28-32(15-20-44(36)79-2)61-52(74)39(59)11-5-8-24-56/h12,14-17,19-22,27-30,39,41-42H,5-11,13,18,23-26,56-59H2,1-4H3,(H2,60,70)(H,61,74)(H,62,77)(H,63,75)(H,64,76)(H,65,71)(H,66,72)(H,67,73)(H,68,69). The molecule has 0 saturated heterocycles. The van der Waals surface area contributed by atoms with Crippen LogP contribution >= 0.6 is 0 Å². The van der Waals surface area contributed by atoms with Crippen molar-refractivity contribution in [2.45, 2.75) is 82.3 Å². The van der Waals surface area contributed by atoms with E-state index in [4.69, 9.17) is 47.6 Å². The zero-order valence-corrected chi connectivity index (χ0v) is 45.6. The monoisotopic (exact) mass is 1120 g/mol. The Morgan fingerprint density at radius 2 is 0.901 bits per heavy atom. The fourth-order valence-corrected chi connectivity index (χ4v) is 7.92. The molecule has 3 atom stereocenters. The quantitative estimate of drug-likeness (QED) is 0.0241. The molecular weight excluding hydrogens is 1050 g/mol. The molecule has 26 heteroatoms. The van der Waals surface area contributed by atoms with Gasteiger partial charge in [0.1, 0.15) is 40.8 Å². The van der Waals surface area contributed by atoms with Crippen molar-refractivity contribution in [3.8, 4) is 23.0 Å². The zero-order chi connectivity index (χ0) is 59.6. The number of anilines is 4. The highest BCUT2D eigenvalue weighted by Gasteiger charge is 2.28. The number of ether oxygens (including phenoxy) is 4. The van der Waals surface area contributed by atoms with Crippen molar-refractivity contribution in [1.82, 2.24) is 16.0 Å². The number of nitrogens with two attached hydrogens (primary N) is 5. The molecule has 26 nitrogen and oxygen atoms in total. The van der Waals surface area contributed by atoms with E-state index in [0.717, 1.165) is 0 Å². The van der Waals surface area contributed by atoms with Gasteiger partial charge in [0, 0.05) is 29.2 Å². The van der Waals surface area contributed by atoms with E-state index in [2.05, 4.69) is 37.2 Å². The first-order valence-electron chi connectivity index (χ1n) is 25.8. The minimum atomic E-state index is -1.44.